The van der Waals surface area contributed by atoms with Gasteiger partial charge in [-0.25, -0.2) is 12.8 Å². The lowest BCUT2D eigenvalue weighted by molar-refractivity contribution is -0.160. The number of aliphatic carboxylic acids is 1. The summed E-state index contributed by atoms with van der Waals surface area (Å²) in [6.07, 6.45) is -0.0489. The Morgan fingerprint density at radius 3 is 2.24 bits per heavy atom. The van der Waals surface area contributed by atoms with Crippen molar-refractivity contribution in [2.24, 2.45) is 5.41 Å². The molecular formula is C28H34Cl2FNO5S. The highest BCUT2D eigenvalue weighted by Crippen LogP contribution is 2.52. The summed E-state index contributed by atoms with van der Waals surface area (Å²) in [7, 11) is -3.66. The van der Waals surface area contributed by atoms with Gasteiger partial charge < -0.3 is 10.0 Å². The molecule has 1 N–H and O–H groups in total. The number of piperidine rings is 1. The molecule has 0 aromatic heterocycles. The van der Waals surface area contributed by atoms with Crippen molar-refractivity contribution in [1.29, 1.82) is 0 Å². The number of hydrogen-bond acceptors (Lipinski definition) is 4. The summed E-state index contributed by atoms with van der Waals surface area (Å²) < 4.78 is 40.1. The van der Waals surface area contributed by atoms with Crippen LogP contribution in [0.4, 0.5) is 4.39 Å². The van der Waals surface area contributed by atoms with Crippen LogP contribution in [0.25, 0.3) is 0 Å². The monoisotopic (exact) mass is 585 g/mol. The molecule has 1 heterocycles. The highest BCUT2D eigenvalue weighted by atomic mass is 35.5. The molecule has 1 aliphatic rings. The van der Waals surface area contributed by atoms with Crippen LogP contribution in [0.3, 0.4) is 0 Å². The SMILES string of the molecule is CCC(CS(=O)(=O)C(C)(C)C)N1C(=O)[C@@](C)(CC(=O)O)C[C@H](c2cc(F)cc(Cl)c2)[C@H]1c1ccc(Cl)cc1. The van der Waals surface area contributed by atoms with Gasteiger partial charge in [-0.3, -0.25) is 9.59 Å². The van der Waals surface area contributed by atoms with Crippen molar-refractivity contribution in [1.82, 2.24) is 4.90 Å². The van der Waals surface area contributed by atoms with Crippen LogP contribution in [-0.4, -0.2) is 46.8 Å². The third kappa shape index (κ3) is 6.35. The predicted molar refractivity (Wildman–Crippen MR) is 148 cm³/mol. The van der Waals surface area contributed by atoms with E-state index in [0.717, 1.165) is 0 Å². The number of carboxylic acids is 1. The molecular weight excluding hydrogens is 552 g/mol. The maximum atomic E-state index is 14.6. The standard InChI is InChI=1S/C28H34Cl2FNO5S/c1-6-22(16-38(36,37)27(2,3)4)32-25(17-7-9-19(29)10-8-17)23(18-11-20(30)13-21(31)12-18)14-28(5,26(32)35)15-24(33)34/h7-13,22-23,25H,6,14-16H2,1-5H3,(H,33,34)/t22?,23-,25-,28-/m1/s1. The van der Waals surface area contributed by atoms with E-state index in [0.29, 0.717) is 22.6 Å². The molecule has 0 radical (unpaired) electrons. The van der Waals surface area contributed by atoms with Crippen LogP contribution >= 0.6 is 23.2 Å². The first-order valence-electron chi connectivity index (χ1n) is 12.5. The minimum Gasteiger partial charge on any atom is -0.481 e. The van der Waals surface area contributed by atoms with Crippen molar-refractivity contribution >= 4 is 44.9 Å². The molecule has 1 saturated heterocycles. The second kappa shape index (κ2) is 11.1. The van der Waals surface area contributed by atoms with Gasteiger partial charge in [0, 0.05) is 22.0 Å². The van der Waals surface area contributed by atoms with E-state index >= 15 is 0 Å². The Bertz CT molecular complexity index is 1290. The largest absolute Gasteiger partial charge is 0.481 e. The van der Waals surface area contributed by atoms with E-state index in [-0.39, 0.29) is 17.2 Å². The molecule has 208 valence electrons. The van der Waals surface area contributed by atoms with Crippen LogP contribution in [0.5, 0.6) is 0 Å². The van der Waals surface area contributed by atoms with E-state index < -0.39 is 62.1 Å². The van der Waals surface area contributed by atoms with Gasteiger partial charge in [-0.05, 0) is 75.1 Å². The summed E-state index contributed by atoms with van der Waals surface area (Å²) >= 11 is 12.4. The minimum atomic E-state index is -3.66. The zero-order valence-corrected chi connectivity index (χ0v) is 24.5. The van der Waals surface area contributed by atoms with Gasteiger partial charge in [0.25, 0.3) is 0 Å². The number of likely N-dealkylation sites (tertiary alicyclic amines) is 1. The molecule has 3 rings (SSSR count). The number of rotatable bonds is 8. The quantitative estimate of drug-likeness (QED) is 0.374. The molecule has 10 heteroatoms. The second-order valence-electron chi connectivity index (χ2n) is 11.3. The number of sulfone groups is 1. The van der Waals surface area contributed by atoms with Crippen LogP contribution in [0.1, 0.15) is 77.0 Å². The van der Waals surface area contributed by atoms with Crippen molar-refractivity contribution < 1.29 is 27.5 Å². The number of halogens is 3. The van der Waals surface area contributed by atoms with Crippen LogP contribution in [0, 0.1) is 11.2 Å². The Labute approximate surface area is 234 Å². The van der Waals surface area contributed by atoms with E-state index in [1.165, 1.54) is 17.0 Å². The number of carbonyl (C=O) groups is 2. The zero-order chi connectivity index (χ0) is 28.6. The number of hydrogen-bond donors (Lipinski definition) is 1. The first-order chi connectivity index (χ1) is 17.5. The Hall–Kier alpha value is -2.16. The fourth-order valence-corrected chi connectivity index (χ4v) is 6.99. The lowest BCUT2D eigenvalue weighted by Crippen LogP contribution is -2.58. The Morgan fingerprint density at radius 1 is 1.13 bits per heavy atom. The lowest BCUT2D eigenvalue weighted by Gasteiger charge is -2.52. The highest BCUT2D eigenvalue weighted by Gasteiger charge is 2.53. The van der Waals surface area contributed by atoms with Crippen molar-refractivity contribution in [2.45, 2.75) is 76.6 Å². The highest BCUT2D eigenvalue weighted by molar-refractivity contribution is 7.92. The predicted octanol–water partition coefficient (Wildman–Crippen LogP) is 6.66. The average Bonchev–Trinajstić information content (AvgIpc) is 2.78. The van der Waals surface area contributed by atoms with Crippen molar-refractivity contribution in [3.63, 3.8) is 0 Å². The second-order valence-corrected chi connectivity index (χ2v) is 15.0. The molecule has 0 bridgehead atoms. The first-order valence-corrected chi connectivity index (χ1v) is 14.9. The van der Waals surface area contributed by atoms with Gasteiger partial charge in [-0.2, -0.15) is 0 Å². The molecule has 1 amide bonds. The molecule has 38 heavy (non-hydrogen) atoms. The van der Waals surface area contributed by atoms with Gasteiger partial charge in [0.15, 0.2) is 9.84 Å². The summed E-state index contributed by atoms with van der Waals surface area (Å²) in [5.41, 5.74) is -0.188. The number of nitrogens with zero attached hydrogens (tertiary/aromatic N) is 1. The van der Waals surface area contributed by atoms with Gasteiger partial charge >= 0.3 is 5.97 Å². The molecule has 0 aliphatic carbocycles. The molecule has 1 unspecified atom stereocenters. The number of carbonyl (C=O) groups excluding carboxylic acids is 1. The van der Waals surface area contributed by atoms with Gasteiger partial charge in [-0.1, -0.05) is 49.2 Å². The zero-order valence-electron chi connectivity index (χ0n) is 22.2. The van der Waals surface area contributed by atoms with Crippen LogP contribution < -0.4 is 0 Å². The van der Waals surface area contributed by atoms with Gasteiger partial charge in [0.2, 0.25) is 5.91 Å². The van der Waals surface area contributed by atoms with E-state index in [4.69, 9.17) is 23.2 Å². The van der Waals surface area contributed by atoms with E-state index in [2.05, 4.69) is 0 Å². The third-order valence-corrected chi connectivity index (χ3v) is 10.5. The number of amides is 1. The summed E-state index contributed by atoms with van der Waals surface area (Å²) in [5, 5.41) is 10.4. The normalized spacial score (nSPS) is 23.4. The van der Waals surface area contributed by atoms with Crippen molar-refractivity contribution in [2.75, 3.05) is 5.75 Å². The average molecular weight is 587 g/mol. The summed E-state index contributed by atoms with van der Waals surface area (Å²) in [4.78, 5) is 27.7. The smallest absolute Gasteiger partial charge is 0.304 e. The van der Waals surface area contributed by atoms with Crippen LogP contribution in [-0.2, 0) is 19.4 Å². The van der Waals surface area contributed by atoms with Gasteiger partial charge in [-0.15, -0.1) is 0 Å². The molecule has 1 aliphatic heterocycles. The topological polar surface area (TPSA) is 91.8 Å². The van der Waals surface area contributed by atoms with E-state index in [1.54, 1.807) is 65.0 Å². The maximum Gasteiger partial charge on any atom is 0.304 e. The molecule has 1 fully saturated rings. The summed E-state index contributed by atoms with van der Waals surface area (Å²) in [5.74, 6) is -3.04. The van der Waals surface area contributed by atoms with Crippen LogP contribution in [0.15, 0.2) is 42.5 Å². The molecule has 6 nitrogen and oxygen atoms in total. The maximum absolute atomic E-state index is 14.6. The fraction of sp³-hybridized carbons (Fsp3) is 0.500. The summed E-state index contributed by atoms with van der Waals surface area (Å²) in [6, 6.07) is 9.52. The van der Waals surface area contributed by atoms with E-state index in [9.17, 15) is 27.5 Å². The molecule has 0 saturated carbocycles. The Kier molecular flexibility index (Phi) is 8.91. The fourth-order valence-electron chi connectivity index (χ4n) is 5.23. The molecule has 2 aromatic rings. The van der Waals surface area contributed by atoms with Gasteiger partial charge in [0.05, 0.1) is 28.4 Å². The molecule has 2 aromatic carbocycles. The Balaban J connectivity index is 2.30. The van der Waals surface area contributed by atoms with E-state index in [1.807, 2.05) is 0 Å². The number of carboxylic acid groups (broad SMARTS) is 1. The first kappa shape index (κ1) is 30.4. The van der Waals surface area contributed by atoms with Gasteiger partial charge in [0.1, 0.15) is 5.82 Å². The Morgan fingerprint density at radius 2 is 1.74 bits per heavy atom. The number of benzene rings is 2. The lowest BCUT2D eigenvalue weighted by atomic mass is 9.67. The van der Waals surface area contributed by atoms with Crippen molar-refractivity contribution in [3.8, 4) is 0 Å². The minimum absolute atomic E-state index is 0.101. The molecule has 4 atom stereocenters. The molecule has 0 spiro atoms. The third-order valence-electron chi connectivity index (χ3n) is 7.38. The van der Waals surface area contributed by atoms with Crippen molar-refractivity contribution in [3.05, 3.63) is 69.5 Å². The summed E-state index contributed by atoms with van der Waals surface area (Å²) in [6.45, 7) is 8.20. The van der Waals surface area contributed by atoms with Crippen LogP contribution in [0.2, 0.25) is 10.0 Å².